The second-order valence-electron chi connectivity index (χ2n) is 8.46. The number of hydrogen-bond acceptors (Lipinski definition) is 5. The van der Waals surface area contributed by atoms with Crippen LogP contribution in [0.4, 0.5) is 15.9 Å². The predicted molar refractivity (Wildman–Crippen MR) is 144 cm³/mol. The quantitative estimate of drug-likeness (QED) is 0.256. The fourth-order valence-electron chi connectivity index (χ4n) is 4.21. The van der Waals surface area contributed by atoms with Crippen molar-refractivity contribution in [3.63, 3.8) is 0 Å². The molecule has 5 aromatic rings. The van der Waals surface area contributed by atoms with Crippen molar-refractivity contribution in [3.8, 4) is 11.4 Å². The highest BCUT2D eigenvalue weighted by atomic mass is 35.5. The number of benzene rings is 3. The van der Waals surface area contributed by atoms with Crippen LogP contribution < -0.4 is 11.1 Å². The second kappa shape index (κ2) is 9.76. The lowest BCUT2D eigenvalue weighted by Crippen LogP contribution is -2.19. The van der Waals surface area contributed by atoms with E-state index in [2.05, 4.69) is 15.4 Å². The molecule has 36 heavy (non-hydrogen) atoms. The molecule has 0 radical (unpaired) electrons. The van der Waals surface area contributed by atoms with E-state index in [0.29, 0.717) is 38.6 Å². The van der Waals surface area contributed by atoms with Crippen LogP contribution in [0.5, 0.6) is 0 Å². The molecule has 2 aromatic heterocycles. The van der Waals surface area contributed by atoms with Crippen molar-refractivity contribution in [2.45, 2.75) is 19.4 Å². The largest absolute Gasteiger partial charge is 0.383 e. The van der Waals surface area contributed by atoms with Crippen molar-refractivity contribution in [1.82, 2.24) is 19.7 Å². The SMILES string of the molecule is CCc1ccc(F)c(C(Nc2ccc3c(N)nccc3c2)c2nc(-c3ccc(Cl)cc3Cl)nn2C)c1. The number of pyridine rings is 1. The third-order valence-corrected chi connectivity index (χ3v) is 6.66. The molecule has 5 rings (SSSR count). The number of hydrogen-bond donors (Lipinski definition) is 2. The summed E-state index contributed by atoms with van der Waals surface area (Å²) in [5.41, 5.74) is 8.91. The zero-order valence-electron chi connectivity index (χ0n) is 19.6. The van der Waals surface area contributed by atoms with Gasteiger partial charge in [-0.2, -0.15) is 5.10 Å². The molecule has 6 nitrogen and oxygen atoms in total. The van der Waals surface area contributed by atoms with Gasteiger partial charge in [0.15, 0.2) is 11.6 Å². The lowest BCUT2D eigenvalue weighted by Gasteiger charge is -2.21. The van der Waals surface area contributed by atoms with Crippen molar-refractivity contribution in [2.24, 2.45) is 7.05 Å². The summed E-state index contributed by atoms with van der Waals surface area (Å²) in [4.78, 5) is 8.93. The molecule has 0 saturated heterocycles. The molecule has 3 N–H and O–H groups in total. The number of rotatable bonds is 6. The fraction of sp³-hybridized carbons (Fsp3) is 0.148. The van der Waals surface area contributed by atoms with E-state index in [0.717, 1.165) is 28.4 Å². The van der Waals surface area contributed by atoms with E-state index in [1.807, 2.05) is 37.3 Å². The highest BCUT2D eigenvalue weighted by molar-refractivity contribution is 6.36. The van der Waals surface area contributed by atoms with Gasteiger partial charge in [0.25, 0.3) is 0 Å². The smallest absolute Gasteiger partial charge is 0.182 e. The molecule has 0 amide bonds. The molecule has 0 bridgehead atoms. The van der Waals surface area contributed by atoms with Crippen LogP contribution in [-0.2, 0) is 13.5 Å². The third-order valence-electron chi connectivity index (χ3n) is 6.11. The monoisotopic (exact) mass is 520 g/mol. The average molecular weight is 521 g/mol. The Morgan fingerprint density at radius 1 is 1.06 bits per heavy atom. The molecule has 0 fully saturated rings. The normalized spacial score (nSPS) is 12.1. The van der Waals surface area contributed by atoms with Crippen molar-refractivity contribution in [3.05, 3.63) is 99.7 Å². The molecule has 1 atom stereocenters. The molecule has 0 aliphatic carbocycles. The minimum Gasteiger partial charge on any atom is -0.383 e. The third kappa shape index (κ3) is 4.59. The van der Waals surface area contributed by atoms with Crippen LogP contribution in [0.3, 0.4) is 0 Å². The average Bonchev–Trinajstić information content (AvgIpc) is 3.24. The summed E-state index contributed by atoms with van der Waals surface area (Å²) in [7, 11) is 1.78. The van der Waals surface area contributed by atoms with E-state index in [-0.39, 0.29) is 5.82 Å². The number of nitrogens with zero attached hydrogens (tertiary/aromatic N) is 4. The van der Waals surface area contributed by atoms with Gasteiger partial charge in [-0.25, -0.2) is 14.4 Å². The van der Waals surface area contributed by atoms with Gasteiger partial charge in [-0.05, 0) is 65.9 Å². The first-order chi connectivity index (χ1) is 17.3. The number of aryl methyl sites for hydroxylation is 2. The van der Waals surface area contributed by atoms with Crippen molar-refractivity contribution < 1.29 is 4.39 Å². The Morgan fingerprint density at radius 2 is 1.89 bits per heavy atom. The summed E-state index contributed by atoms with van der Waals surface area (Å²) in [6.07, 6.45) is 2.43. The Bertz CT molecular complexity index is 1580. The Balaban J connectivity index is 1.63. The summed E-state index contributed by atoms with van der Waals surface area (Å²) in [5, 5.41) is 10.8. The maximum Gasteiger partial charge on any atom is 0.182 e. The van der Waals surface area contributed by atoms with Crippen LogP contribution in [0.1, 0.15) is 29.9 Å². The molecule has 182 valence electrons. The van der Waals surface area contributed by atoms with Gasteiger partial charge in [-0.3, -0.25) is 4.68 Å². The van der Waals surface area contributed by atoms with Gasteiger partial charge in [0.05, 0.1) is 5.02 Å². The number of nitrogens with one attached hydrogen (secondary N) is 1. The summed E-state index contributed by atoms with van der Waals surface area (Å²) < 4.78 is 16.9. The van der Waals surface area contributed by atoms with Gasteiger partial charge in [-0.1, -0.05) is 42.3 Å². The lowest BCUT2D eigenvalue weighted by molar-refractivity contribution is 0.590. The first-order valence-electron chi connectivity index (χ1n) is 11.4. The topological polar surface area (TPSA) is 81.7 Å². The highest BCUT2D eigenvalue weighted by Gasteiger charge is 2.25. The standard InChI is InChI=1S/C27H23Cl2FN6/c1-3-15-4-9-23(30)21(12-15)24(33-18-6-8-19-16(13-18)10-11-32-25(19)31)27-34-26(35-36(27)2)20-7-5-17(28)14-22(20)29/h4-14,24,33H,3H2,1-2H3,(H2,31,32). The molecule has 2 heterocycles. The number of aromatic nitrogens is 4. The van der Waals surface area contributed by atoms with E-state index in [9.17, 15) is 0 Å². The zero-order valence-corrected chi connectivity index (χ0v) is 21.1. The minimum atomic E-state index is -0.634. The number of halogens is 3. The van der Waals surface area contributed by atoms with E-state index < -0.39 is 6.04 Å². The molecule has 3 aromatic carbocycles. The second-order valence-corrected chi connectivity index (χ2v) is 9.30. The maximum atomic E-state index is 15.3. The number of fused-ring (bicyclic) bond motifs is 1. The van der Waals surface area contributed by atoms with Crippen LogP contribution in [0.15, 0.2) is 66.9 Å². The van der Waals surface area contributed by atoms with Crippen LogP contribution in [0.25, 0.3) is 22.2 Å². The van der Waals surface area contributed by atoms with E-state index >= 15 is 4.39 Å². The minimum absolute atomic E-state index is 0.340. The molecule has 9 heteroatoms. The summed E-state index contributed by atoms with van der Waals surface area (Å²) in [5.74, 6) is 1.06. The Labute approximate surface area is 217 Å². The molecule has 0 aliphatic heterocycles. The Morgan fingerprint density at radius 3 is 2.67 bits per heavy atom. The van der Waals surface area contributed by atoms with Gasteiger partial charge in [0.1, 0.15) is 17.7 Å². The zero-order chi connectivity index (χ0) is 25.4. The van der Waals surface area contributed by atoms with Crippen LogP contribution in [-0.4, -0.2) is 19.7 Å². The van der Waals surface area contributed by atoms with Gasteiger partial charge >= 0.3 is 0 Å². The van der Waals surface area contributed by atoms with E-state index in [1.165, 1.54) is 6.07 Å². The predicted octanol–water partition coefficient (Wildman–Crippen LogP) is 6.82. The van der Waals surface area contributed by atoms with Crippen molar-refractivity contribution >= 4 is 45.5 Å². The summed E-state index contributed by atoms with van der Waals surface area (Å²) in [6.45, 7) is 2.03. The summed E-state index contributed by atoms with van der Waals surface area (Å²) >= 11 is 12.5. The number of nitrogen functional groups attached to an aromatic ring is 1. The molecular weight excluding hydrogens is 498 g/mol. The molecule has 0 saturated carbocycles. The highest BCUT2D eigenvalue weighted by Crippen LogP contribution is 2.33. The van der Waals surface area contributed by atoms with Gasteiger partial charge in [-0.15, -0.1) is 0 Å². The van der Waals surface area contributed by atoms with Crippen LogP contribution in [0, 0.1) is 5.82 Å². The lowest BCUT2D eigenvalue weighted by atomic mass is 10.0. The van der Waals surface area contributed by atoms with Crippen LogP contribution >= 0.6 is 23.2 Å². The molecule has 1 unspecified atom stereocenters. The first kappa shape index (κ1) is 24.0. The number of anilines is 2. The van der Waals surface area contributed by atoms with Crippen molar-refractivity contribution in [2.75, 3.05) is 11.1 Å². The van der Waals surface area contributed by atoms with E-state index in [1.54, 1.807) is 42.2 Å². The van der Waals surface area contributed by atoms with Crippen LogP contribution in [0.2, 0.25) is 10.0 Å². The molecular formula is C27H23Cl2FN6. The number of nitrogens with two attached hydrogens (primary N) is 1. The van der Waals surface area contributed by atoms with Gasteiger partial charge in [0, 0.05) is 40.5 Å². The Hall–Kier alpha value is -3.68. The molecule has 0 spiro atoms. The van der Waals surface area contributed by atoms with Gasteiger partial charge < -0.3 is 11.1 Å². The maximum absolute atomic E-state index is 15.3. The van der Waals surface area contributed by atoms with Crippen molar-refractivity contribution in [1.29, 1.82) is 0 Å². The fourth-order valence-corrected chi connectivity index (χ4v) is 4.70. The van der Waals surface area contributed by atoms with Gasteiger partial charge in [0.2, 0.25) is 0 Å². The molecule has 0 aliphatic rings. The first-order valence-corrected chi connectivity index (χ1v) is 12.1. The Kier molecular flexibility index (Phi) is 6.51. The summed E-state index contributed by atoms with van der Waals surface area (Å²) in [6, 6.07) is 17.3. The van der Waals surface area contributed by atoms with E-state index in [4.69, 9.17) is 33.9 Å².